The lowest BCUT2D eigenvalue weighted by Crippen LogP contribution is -2.54. The Labute approximate surface area is 243 Å². The average Bonchev–Trinajstić information content (AvgIpc) is 3.45. The van der Waals surface area contributed by atoms with E-state index in [-0.39, 0.29) is 54.9 Å². The molecule has 0 aromatic carbocycles. The second-order valence-corrected chi connectivity index (χ2v) is 11.7. The van der Waals surface area contributed by atoms with Crippen molar-refractivity contribution in [2.75, 3.05) is 0 Å². The minimum Gasteiger partial charge on any atom is -0.391 e. The summed E-state index contributed by atoms with van der Waals surface area (Å²) in [5.74, 6) is -1.58. The molecule has 2 heterocycles. The van der Waals surface area contributed by atoms with Gasteiger partial charge in [0.05, 0.1) is 36.8 Å². The first-order valence-electron chi connectivity index (χ1n) is 14.6. The largest absolute Gasteiger partial charge is 0.391 e. The van der Waals surface area contributed by atoms with Gasteiger partial charge in [0.1, 0.15) is 6.04 Å². The van der Waals surface area contributed by atoms with Gasteiger partial charge in [0.25, 0.3) is 0 Å². The lowest BCUT2D eigenvalue weighted by molar-refractivity contribution is -0.134. The van der Waals surface area contributed by atoms with Crippen LogP contribution < -0.4 is 21.7 Å². The maximum atomic E-state index is 13.6. The third-order valence-electron chi connectivity index (χ3n) is 7.45. The Balaban J connectivity index is 2.09. The Kier molecular flexibility index (Phi) is 13.9. The second-order valence-electron chi connectivity index (χ2n) is 11.7. The molecule has 6 atom stereocenters. The molecule has 0 saturated carbocycles. The summed E-state index contributed by atoms with van der Waals surface area (Å²) in [5, 5.41) is 20.0. The summed E-state index contributed by atoms with van der Waals surface area (Å²) in [5.41, 5.74) is 7.59. The van der Waals surface area contributed by atoms with E-state index in [9.17, 15) is 19.5 Å². The number of imidazole rings is 1. The van der Waals surface area contributed by atoms with Crippen molar-refractivity contribution < 1.29 is 19.5 Å². The van der Waals surface area contributed by atoms with Crippen molar-refractivity contribution in [1.82, 2.24) is 30.9 Å². The SMILES string of the molecule is CC[C@H](C)[C@H](NC(=O)[C@@H](C[C@H](O)[C@H](CC(C)C)NC(=O)[C@@H](N)Cc1cnc[nH]1)C(C)C)C(=O)NCc1ccccn1. The van der Waals surface area contributed by atoms with Crippen molar-refractivity contribution in [3.63, 3.8) is 0 Å². The van der Waals surface area contributed by atoms with Crippen LogP contribution in [0.4, 0.5) is 0 Å². The first kappa shape index (κ1) is 33.9. The molecule has 0 saturated heterocycles. The van der Waals surface area contributed by atoms with Gasteiger partial charge in [-0.15, -0.1) is 0 Å². The van der Waals surface area contributed by atoms with Crippen LogP contribution in [0.5, 0.6) is 0 Å². The van der Waals surface area contributed by atoms with E-state index >= 15 is 0 Å². The van der Waals surface area contributed by atoms with E-state index in [0.717, 1.165) is 11.4 Å². The van der Waals surface area contributed by atoms with Gasteiger partial charge in [-0.2, -0.15) is 0 Å². The number of nitrogens with zero attached hydrogens (tertiary/aromatic N) is 2. The Morgan fingerprint density at radius 2 is 1.76 bits per heavy atom. The summed E-state index contributed by atoms with van der Waals surface area (Å²) in [7, 11) is 0. The summed E-state index contributed by atoms with van der Waals surface area (Å²) >= 11 is 0. The van der Waals surface area contributed by atoms with Gasteiger partial charge in [0, 0.05) is 30.4 Å². The highest BCUT2D eigenvalue weighted by atomic mass is 16.3. The van der Waals surface area contributed by atoms with Gasteiger partial charge in [-0.3, -0.25) is 19.4 Å². The quantitative estimate of drug-likeness (QED) is 0.168. The number of aliphatic hydroxyl groups is 1. The summed E-state index contributed by atoms with van der Waals surface area (Å²) in [6.45, 7) is 12.0. The molecule has 0 aliphatic carbocycles. The Morgan fingerprint density at radius 1 is 1.02 bits per heavy atom. The first-order valence-corrected chi connectivity index (χ1v) is 14.6. The van der Waals surface area contributed by atoms with E-state index in [1.165, 1.54) is 6.33 Å². The predicted molar refractivity (Wildman–Crippen MR) is 158 cm³/mol. The van der Waals surface area contributed by atoms with E-state index in [0.29, 0.717) is 12.8 Å². The van der Waals surface area contributed by atoms with Crippen molar-refractivity contribution in [3.8, 4) is 0 Å². The molecule has 7 N–H and O–H groups in total. The molecule has 0 radical (unpaired) electrons. The molecular weight excluding hydrogens is 522 g/mol. The first-order chi connectivity index (χ1) is 19.4. The number of pyridine rings is 1. The minimum absolute atomic E-state index is 0.107. The van der Waals surface area contributed by atoms with Gasteiger partial charge < -0.3 is 31.8 Å². The van der Waals surface area contributed by atoms with Gasteiger partial charge in [0.15, 0.2) is 0 Å². The van der Waals surface area contributed by atoms with E-state index in [1.54, 1.807) is 18.5 Å². The van der Waals surface area contributed by atoms with Crippen LogP contribution in [0.25, 0.3) is 0 Å². The molecule has 11 nitrogen and oxygen atoms in total. The molecule has 0 aliphatic rings. The highest BCUT2D eigenvalue weighted by Crippen LogP contribution is 2.23. The van der Waals surface area contributed by atoms with Crippen LogP contribution in [0.3, 0.4) is 0 Å². The van der Waals surface area contributed by atoms with Crippen LogP contribution in [0.15, 0.2) is 36.9 Å². The fraction of sp³-hybridized carbons (Fsp3) is 0.633. The van der Waals surface area contributed by atoms with E-state index < -0.39 is 30.1 Å². The number of aromatic nitrogens is 3. The maximum absolute atomic E-state index is 13.6. The highest BCUT2D eigenvalue weighted by Gasteiger charge is 2.34. The van der Waals surface area contributed by atoms with E-state index in [2.05, 4.69) is 30.9 Å². The molecule has 2 aromatic heterocycles. The monoisotopic (exact) mass is 571 g/mol. The number of amides is 3. The number of hydrogen-bond acceptors (Lipinski definition) is 7. The average molecular weight is 572 g/mol. The van der Waals surface area contributed by atoms with Crippen molar-refractivity contribution in [1.29, 1.82) is 0 Å². The van der Waals surface area contributed by atoms with Crippen LogP contribution in [-0.4, -0.2) is 62.0 Å². The normalized spacial score (nSPS) is 16.0. The molecule has 228 valence electrons. The minimum atomic E-state index is -0.987. The highest BCUT2D eigenvalue weighted by molar-refractivity contribution is 5.88. The number of carbonyl (C=O) groups excluding carboxylic acids is 3. The van der Waals surface area contributed by atoms with E-state index in [4.69, 9.17) is 5.73 Å². The third kappa shape index (κ3) is 11.2. The maximum Gasteiger partial charge on any atom is 0.243 e. The number of aromatic amines is 1. The molecule has 2 rings (SSSR count). The van der Waals surface area contributed by atoms with Crippen LogP contribution in [0.2, 0.25) is 0 Å². The smallest absolute Gasteiger partial charge is 0.243 e. The van der Waals surface area contributed by atoms with Crippen LogP contribution >= 0.6 is 0 Å². The van der Waals surface area contributed by atoms with Gasteiger partial charge >= 0.3 is 0 Å². The predicted octanol–water partition coefficient (Wildman–Crippen LogP) is 2.08. The summed E-state index contributed by atoms with van der Waals surface area (Å²) < 4.78 is 0. The Morgan fingerprint density at radius 3 is 2.32 bits per heavy atom. The fourth-order valence-electron chi connectivity index (χ4n) is 4.69. The zero-order chi connectivity index (χ0) is 30.5. The molecule has 41 heavy (non-hydrogen) atoms. The third-order valence-corrected chi connectivity index (χ3v) is 7.45. The topological polar surface area (TPSA) is 175 Å². The summed E-state index contributed by atoms with van der Waals surface area (Å²) in [4.78, 5) is 50.7. The number of aliphatic hydroxyl groups excluding tert-OH is 1. The molecule has 2 aromatic rings. The van der Waals surface area contributed by atoms with Crippen molar-refractivity contribution >= 4 is 17.7 Å². The lowest BCUT2D eigenvalue weighted by Gasteiger charge is -2.32. The molecule has 0 spiro atoms. The standard InChI is InChI=1S/C30H49N7O4/c1-7-20(6)27(30(41)34-16-21-10-8-9-11-33-21)37-28(39)23(19(4)5)14-26(38)25(12-18(2)3)36-29(40)24(31)13-22-15-32-17-35-22/h8-11,15,17-20,23-27,38H,7,12-14,16,31H2,1-6H3,(H,32,35)(H,34,41)(H,36,40)(H,37,39)/t20-,23-,24-,25-,26-,27-/m0/s1. The number of nitrogens with two attached hydrogens (primary N) is 1. The molecule has 0 fully saturated rings. The number of rotatable bonds is 17. The number of carbonyl (C=O) groups is 3. The lowest BCUT2D eigenvalue weighted by atomic mass is 9.85. The molecule has 0 unspecified atom stereocenters. The second kappa shape index (κ2) is 16.8. The molecule has 0 bridgehead atoms. The Hall–Kier alpha value is -3.31. The van der Waals surface area contributed by atoms with Crippen LogP contribution in [0.1, 0.15) is 72.2 Å². The number of hydrogen-bond donors (Lipinski definition) is 6. The molecular formula is C30H49N7O4. The van der Waals surface area contributed by atoms with Crippen LogP contribution in [0, 0.1) is 23.7 Å². The number of H-pyrrole nitrogens is 1. The van der Waals surface area contributed by atoms with Gasteiger partial charge in [-0.25, -0.2) is 4.98 Å². The van der Waals surface area contributed by atoms with Crippen molar-refractivity contribution in [3.05, 3.63) is 48.3 Å². The summed E-state index contributed by atoms with van der Waals surface area (Å²) in [6.07, 6.45) is 5.43. The molecule has 0 aliphatic heterocycles. The Bertz CT molecular complexity index is 1060. The van der Waals surface area contributed by atoms with Gasteiger partial charge in [0.2, 0.25) is 17.7 Å². The van der Waals surface area contributed by atoms with Crippen LogP contribution in [-0.2, 0) is 27.3 Å². The van der Waals surface area contributed by atoms with Crippen molar-refractivity contribution in [2.45, 2.75) is 98.0 Å². The zero-order valence-electron chi connectivity index (χ0n) is 25.3. The molecule has 3 amide bonds. The fourth-order valence-corrected chi connectivity index (χ4v) is 4.69. The van der Waals surface area contributed by atoms with Gasteiger partial charge in [-0.1, -0.05) is 54.0 Å². The zero-order valence-corrected chi connectivity index (χ0v) is 25.3. The van der Waals surface area contributed by atoms with E-state index in [1.807, 2.05) is 53.7 Å². The number of nitrogens with one attached hydrogen (secondary N) is 4. The molecule has 11 heteroatoms. The summed E-state index contributed by atoms with van der Waals surface area (Å²) in [6, 6.07) is 3.34. The van der Waals surface area contributed by atoms with Crippen molar-refractivity contribution in [2.24, 2.45) is 29.4 Å². The van der Waals surface area contributed by atoms with Gasteiger partial charge in [-0.05, 0) is 42.7 Å².